The third-order valence-corrected chi connectivity index (χ3v) is 4.35. The van der Waals surface area contributed by atoms with E-state index in [0.717, 1.165) is 0 Å². The number of rotatable bonds is 8. The van der Waals surface area contributed by atoms with Gasteiger partial charge in [-0.3, -0.25) is 9.59 Å². The van der Waals surface area contributed by atoms with Gasteiger partial charge in [-0.25, -0.2) is 4.79 Å². The summed E-state index contributed by atoms with van der Waals surface area (Å²) in [6.07, 6.45) is -0.250. The van der Waals surface area contributed by atoms with Crippen LogP contribution < -0.4 is 15.8 Å². The molecule has 3 N–H and O–H groups in total. The zero-order valence-electron chi connectivity index (χ0n) is 16.8. The van der Waals surface area contributed by atoms with Crippen molar-refractivity contribution in [1.29, 1.82) is 0 Å². The first kappa shape index (κ1) is 21.5. The molecule has 10 nitrogen and oxygen atoms in total. The van der Waals surface area contributed by atoms with Crippen molar-refractivity contribution < 1.29 is 28.3 Å². The molecule has 3 rings (SSSR count). The number of hydrogen-bond acceptors (Lipinski definition) is 8. The molecule has 1 aromatic heterocycles. The number of hydrogen-bond donors (Lipinski definition) is 2. The van der Waals surface area contributed by atoms with Gasteiger partial charge in [0.2, 0.25) is 11.8 Å². The maximum atomic E-state index is 12.6. The fraction of sp³-hybridized carbons (Fsp3) is 0.190. The molecule has 0 saturated heterocycles. The van der Waals surface area contributed by atoms with Crippen LogP contribution in [0.4, 0.5) is 0 Å². The number of carbonyl (C=O) groups is 3. The zero-order chi connectivity index (χ0) is 22.4. The Morgan fingerprint density at radius 3 is 2.35 bits per heavy atom. The van der Waals surface area contributed by atoms with Gasteiger partial charge in [0.15, 0.2) is 0 Å². The van der Waals surface area contributed by atoms with E-state index in [4.69, 9.17) is 14.9 Å². The standard InChI is InChI=1S/C21H20N4O6/c1-29-16-6-4-3-5-14(16)19-24-25-20(31-19)15(11-17(22)26)23-18(27)12-7-9-13(10-8-12)21(28)30-2/h3-10,15H,11H2,1-2H3,(H2,22,26)(H,23,27)/t15-/m0/s1. The number of para-hydroxylation sites is 1. The first-order valence-corrected chi connectivity index (χ1v) is 9.17. The van der Waals surface area contributed by atoms with E-state index >= 15 is 0 Å². The molecule has 0 aliphatic heterocycles. The maximum Gasteiger partial charge on any atom is 0.337 e. The summed E-state index contributed by atoms with van der Waals surface area (Å²) in [5, 5.41) is 10.6. The summed E-state index contributed by atoms with van der Waals surface area (Å²) >= 11 is 0. The van der Waals surface area contributed by atoms with E-state index < -0.39 is 23.8 Å². The minimum absolute atomic E-state index is 0.0132. The van der Waals surface area contributed by atoms with Crippen LogP contribution in [0.3, 0.4) is 0 Å². The molecule has 0 aliphatic carbocycles. The topological polar surface area (TPSA) is 147 Å². The van der Waals surface area contributed by atoms with Crippen molar-refractivity contribution in [1.82, 2.24) is 15.5 Å². The fourth-order valence-electron chi connectivity index (χ4n) is 2.82. The molecule has 0 fully saturated rings. The summed E-state index contributed by atoms with van der Waals surface area (Å²) < 4.78 is 15.6. The van der Waals surface area contributed by atoms with E-state index in [1.165, 1.54) is 38.5 Å². The van der Waals surface area contributed by atoms with Crippen LogP contribution >= 0.6 is 0 Å². The lowest BCUT2D eigenvalue weighted by atomic mass is 10.1. The summed E-state index contributed by atoms with van der Waals surface area (Å²) in [5.74, 6) is -0.992. The third-order valence-electron chi connectivity index (χ3n) is 4.35. The summed E-state index contributed by atoms with van der Waals surface area (Å²) in [6, 6.07) is 11.9. The molecular weight excluding hydrogens is 404 g/mol. The van der Waals surface area contributed by atoms with Crippen molar-refractivity contribution in [3.05, 3.63) is 65.5 Å². The number of nitrogens with two attached hydrogens (primary N) is 1. The number of benzene rings is 2. The molecule has 0 saturated carbocycles. The van der Waals surface area contributed by atoms with Crippen LogP contribution in [0.1, 0.15) is 39.1 Å². The van der Waals surface area contributed by atoms with E-state index in [2.05, 4.69) is 20.3 Å². The SMILES string of the molecule is COC(=O)c1ccc(C(=O)N[C@@H](CC(N)=O)c2nnc(-c3ccccc3OC)o2)cc1. The average molecular weight is 424 g/mol. The highest BCUT2D eigenvalue weighted by Crippen LogP contribution is 2.30. The van der Waals surface area contributed by atoms with Gasteiger partial charge in [-0.05, 0) is 36.4 Å². The van der Waals surface area contributed by atoms with Gasteiger partial charge in [-0.2, -0.15) is 0 Å². The Labute approximate surface area is 177 Å². The van der Waals surface area contributed by atoms with Gasteiger partial charge < -0.3 is 24.9 Å². The second-order valence-electron chi connectivity index (χ2n) is 6.41. The van der Waals surface area contributed by atoms with E-state index in [0.29, 0.717) is 16.9 Å². The highest BCUT2D eigenvalue weighted by Gasteiger charge is 2.25. The van der Waals surface area contributed by atoms with E-state index in [9.17, 15) is 14.4 Å². The van der Waals surface area contributed by atoms with Gasteiger partial charge in [-0.15, -0.1) is 10.2 Å². The largest absolute Gasteiger partial charge is 0.496 e. The predicted octanol–water partition coefficient (Wildman–Crippen LogP) is 1.88. The highest BCUT2D eigenvalue weighted by atomic mass is 16.5. The lowest BCUT2D eigenvalue weighted by molar-refractivity contribution is -0.118. The maximum absolute atomic E-state index is 12.6. The quantitative estimate of drug-likeness (QED) is 0.521. The lowest BCUT2D eigenvalue weighted by Gasteiger charge is -2.14. The van der Waals surface area contributed by atoms with Gasteiger partial charge >= 0.3 is 5.97 Å². The summed E-state index contributed by atoms with van der Waals surface area (Å²) in [4.78, 5) is 35.7. The van der Waals surface area contributed by atoms with Crippen molar-refractivity contribution >= 4 is 17.8 Å². The molecule has 2 aromatic carbocycles. The molecule has 0 unspecified atom stereocenters. The van der Waals surface area contributed by atoms with Crippen LogP contribution in [-0.2, 0) is 9.53 Å². The van der Waals surface area contributed by atoms with Crippen molar-refractivity contribution in [2.24, 2.45) is 5.73 Å². The summed E-state index contributed by atoms with van der Waals surface area (Å²) in [5.41, 5.74) is 6.44. The minimum Gasteiger partial charge on any atom is -0.496 e. The zero-order valence-corrected chi connectivity index (χ0v) is 16.8. The monoisotopic (exact) mass is 424 g/mol. The first-order valence-electron chi connectivity index (χ1n) is 9.17. The van der Waals surface area contributed by atoms with Gasteiger partial charge in [-0.1, -0.05) is 12.1 Å². The molecule has 1 heterocycles. The molecule has 160 valence electrons. The number of nitrogens with zero attached hydrogens (tertiary/aromatic N) is 2. The highest BCUT2D eigenvalue weighted by molar-refractivity contribution is 5.96. The van der Waals surface area contributed by atoms with Gasteiger partial charge in [0.05, 0.1) is 31.8 Å². The molecule has 31 heavy (non-hydrogen) atoms. The van der Waals surface area contributed by atoms with Crippen molar-refractivity contribution in [2.45, 2.75) is 12.5 Å². The molecular formula is C21H20N4O6. The second kappa shape index (κ2) is 9.53. The number of nitrogens with one attached hydrogen (secondary N) is 1. The summed E-state index contributed by atoms with van der Waals surface area (Å²) in [6.45, 7) is 0. The van der Waals surface area contributed by atoms with Crippen molar-refractivity contribution in [3.63, 3.8) is 0 Å². The second-order valence-corrected chi connectivity index (χ2v) is 6.41. The first-order chi connectivity index (χ1) is 14.9. The smallest absolute Gasteiger partial charge is 0.337 e. The van der Waals surface area contributed by atoms with Crippen LogP contribution in [-0.4, -0.2) is 42.2 Å². The van der Waals surface area contributed by atoms with Crippen LogP contribution in [0.5, 0.6) is 5.75 Å². The Kier molecular flexibility index (Phi) is 6.61. The minimum atomic E-state index is -0.943. The van der Waals surface area contributed by atoms with Gasteiger partial charge in [0.1, 0.15) is 11.8 Å². The van der Waals surface area contributed by atoms with Crippen LogP contribution in [0, 0.1) is 0 Å². The molecule has 10 heteroatoms. The van der Waals surface area contributed by atoms with Gasteiger partial charge in [0, 0.05) is 5.56 Å². The normalized spacial score (nSPS) is 11.4. The van der Waals surface area contributed by atoms with Gasteiger partial charge in [0.25, 0.3) is 11.8 Å². The number of ether oxygens (including phenoxy) is 2. The van der Waals surface area contributed by atoms with Crippen LogP contribution in [0.2, 0.25) is 0 Å². The van der Waals surface area contributed by atoms with Crippen molar-refractivity contribution in [3.8, 4) is 17.2 Å². The predicted molar refractivity (Wildman–Crippen MR) is 108 cm³/mol. The average Bonchev–Trinajstić information content (AvgIpc) is 3.28. The molecule has 0 radical (unpaired) electrons. The van der Waals surface area contributed by atoms with E-state index in [1.807, 2.05) is 0 Å². The number of carbonyl (C=O) groups excluding carboxylic acids is 3. The Bertz CT molecular complexity index is 1090. The molecule has 3 aromatic rings. The van der Waals surface area contributed by atoms with Crippen LogP contribution in [0.15, 0.2) is 52.9 Å². The number of amides is 2. The Morgan fingerprint density at radius 2 is 1.71 bits per heavy atom. The lowest BCUT2D eigenvalue weighted by Crippen LogP contribution is -2.32. The number of aromatic nitrogens is 2. The number of esters is 1. The third kappa shape index (κ3) is 5.04. The van der Waals surface area contributed by atoms with E-state index in [-0.39, 0.29) is 23.8 Å². The molecule has 0 bridgehead atoms. The Morgan fingerprint density at radius 1 is 1.03 bits per heavy atom. The number of primary amides is 1. The molecule has 0 spiro atoms. The Balaban J connectivity index is 1.82. The van der Waals surface area contributed by atoms with E-state index in [1.54, 1.807) is 24.3 Å². The van der Waals surface area contributed by atoms with Crippen LogP contribution in [0.25, 0.3) is 11.5 Å². The Hall–Kier alpha value is -4.21. The molecule has 1 atom stereocenters. The van der Waals surface area contributed by atoms with Crippen molar-refractivity contribution in [2.75, 3.05) is 14.2 Å². The fourth-order valence-corrected chi connectivity index (χ4v) is 2.82. The number of methoxy groups -OCH3 is 2. The molecule has 2 amide bonds. The molecule has 0 aliphatic rings. The summed E-state index contributed by atoms with van der Waals surface area (Å²) in [7, 11) is 2.78.